The van der Waals surface area contributed by atoms with E-state index in [9.17, 15) is 9.18 Å². The Morgan fingerprint density at radius 2 is 1.96 bits per heavy atom. The van der Waals surface area contributed by atoms with E-state index < -0.39 is 0 Å². The molecule has 26 heavy (non-hydrogen) atoms. The van der Waals surface area contributed by atoms with Crippen molar-refractivity contribution in [2.45, 2.75) is 0 Å². The summed E-state index contributed by atoms with van der Waals surface area (Å²) < 4.78 is 20.2. The smallest absolute Gasteiger partial charge is 0.263 e. The molecule has 0 atom stereocenters. The maximum atomic E-state index is 13.1. The quantitative estimate of drug-likeness (QED) is 0.691. The van der Waals surface area contributed by atoms with Crippen molar-refractivity contribution in [1.29, 1.82) is 0 Å². The largest absolute Gasteiger partial charge is 0.482 e. The molecule has 3 rings (SSSR count). The molecule has 1 heterocycles. The number of carbonyl (C=O) groups is 1. The zero-order chi connectivity index (χ0) is 18.7. The van der Waals surface area contributed by atoms with Gasteiger partial charge in [-0.3, -0.25) is 4.79 Å². The second kappa shape index (κ2) is 7.76. The van der Waals surface area contributed by atoms with Crippen molar-refractivity contribution in [2.75, 3.05) is 11.9 Å². The van der Waals surface area contributed by atoms with Gasteiger partial charge in [-0.05, 0) is 42.5 Å². The van der Waals surface area contributed by atoms with Gasteiger partial charge in [-0.2, -0.15) is 0 Å². The standard InChI is InChI=1S/C18H14Cl2FN3O2/c1-24-10-22-17(11-2-5-13(21)6-3-11)18(24)23-16(25)9-26-15-7-4-12(19)8-14(15)20/h2-8,10H,9H2,1H3,(H,23,25). The van der Waals surface area contributed by atoms with Gasteiger partial charge in [0.25, 0.3) is 5.91 Å². The van der Waals surface area contributed by atoms with Crippen LogP contribution < -0.4 is 10.1 Å². The number of ether oxygens (including phenoxy) is 1. The second-order valence-electron chi connectivity index (χ2n) is 5.47. The molecule has 1 aromatic heterocycles. The molecule has 0 saturated carbocycles. The lowest BCUT2D eigenvalue weighted by atomic mass is 10.1. The Hall–Kier alpha value is -2.57. The van der Waals surface area contributed by atoms with Crippen molar-refractivity contribution < 1.29 is 13.9 Å². The number of aromatic nitrogens is 2. The Kier molecular flexibility index (Phi) is 5.44. The van der Waals surface area contributed by atoms with Crippen LogP contribution in [0, 0.1) is 5.82 Å². The fourth-order valence-electron chi connectivity index (χ4n) is 2.30. The summed E-state index contributed by atoms with van der Waals surface area (Å²) in [6.45, 7) is -0.241. The fourth-order valence-corrected chi connectivity index (χ4v) is 2.76. The van der Waals surface area contributed by atoms with Gasteiger partial charge in [0, 0.05) is 17.6 Å². The molecule has 3 aromatic rings. The molecule has 0 unspecified atom stereocenters. The van der Waals surface area contributed by atoms with Crippen LogP contribution in [0.3, 0.4) is 0 Å². The Morgan fingerprint density at radius 3 is 2.65 bits per heavy atom. The molecular weight excluding hydrogens is 380 g/mol. The van der Waals surface area contributed by atoms with Crippen LogP contribution in [0.5, 0.6) is 5.75 Å². The SMILES string of the molecule is Cn1cnc(-c2ccc(F)cc2)c1NC(=O)COc1ccc(Cl)cc1Cl. The Balaban J connectivity index is 1.71. The van der Waals surface area contributed by atoms with Crippen LogP contribution in [0.25, 0.3) is 11.3 Å². The van der Waals surface area contributed by atoms with Crippen molar-refractivity contribution >= 4 is 34.9 Å². The van der Waals surface area contributed by atoms with E-state index in [0.29, 0.717) is 32.9 Å². The first-order valence-electron chi connectivity index (χ1n) is 7.59. The number of benzene rings is 2. The topological polar surface area (TPSA) is 56.2 Å². The highest BCUT2D eigenvalue weighted by molar-refractivity contribution is 6.35. The van der Waals surface area contributed by atoms with E-state index in [0.717, 1.165) is 0 Å². The number of rotatable bonds is 5. The van der Waals surface area contributed by atoms with Crippen LogP contribution in [0.15, 0.2) is 48.8 Å². The molecule has 0 aliphatic rings. The first-order valence-corrected chi connectivity index (χ1v) is 8.34. The average Bonchev–Trinajstić information content (AvgIpc) is 2.95. The van der Waals surface area contributed by atoms with Crippen LogP contribution in [0.4, 0.5) is 10.2 Å². The predicted molar refractivity (Wildman–Crippen MR) is 99.2 cm³/mol. The van der Waals surface area contributed by atoms with E-state index in [4.69, 9.17) is 27.9 Å². The summed E-state index contributed by atoms with van der Waals surface area (Å²) in [5.41, 5.74) is 1.22. The second-order valence-corrected chi connectivity index (χ2v) is 6.31. The third-order valence-corrected chi connectivity index (χ3v) is 4.10. The van der Waals surface area contributed by atoms with Crippen molar-refractivity contribution in [3.8, 4) is 17.0 Å². The number of carbonyl (C=O) groups excluding carboxylic acids is 1. The van der Waals surface area contributed by atoms with Gasteiger partial charge in [0.1, 0.15) is 23.1 Å². The van der Waals surface area contributed by atoms with Crippen LogP contribution >= 0.6 is 23.2 Å². The molecule has 5 nitrogen and oxygen atoms in total. The predicted octanol–water partition coefficient (Wildman–Crippen LogP) is 4.55. The number of hydrogen-bond donors (Lipinski definition) is 1. The summed E-state index contributed by atoms with van der Waals surface area (Å²) in [6.07, 6.45) is 1.56. The number of aryl methyl sites for hydroxylation is 1. The molecule has 0 bridgehead atoms. The average molecular weight is 394 g/mol. The molecule has 134 valence electrons. The van der Waals surface area contributed by atoms with Gasteiger partial charge in [-0.1, -0.05) is 23.2 Å². The normalized spacial score (nSPS) is 10.6. The number of nitrogens with one attached hydrogen (secondary N) is 1. The lowest BCUT2D eigenvalue weighted by Gasteiger charge is -2.11. The molecular formula is C18H14Cl2FN3O2. The van der Waals surface area contributed by atoms with Crippen LogP contribution in [0.2, 0.25) is 10.0 Å². The van der Waals surface area contributed by atoms with Crippen molar-refractivity contribution in [1.82, 2.24) is 9.55 Å². The highest BCUT2D eigenvalue weighted by Crippen LogP contribution is 2.28. The molecule has 0 aliphatic heterocycles. The van der Waals surface area contributed by atoms with Crippen molar-refractivity contribution in [3.63, 3.8) is 0 Å². The number of imidazole rings is 1. The monoisotopic (exact) mass is 393 g/mol. The molecule has 0 spiro atoms. The Labute approximate surface area is 159 Å². The summed E-state index contributed by atoms with van der Waals surface area (Å²) in [5.74, 6) is 0.105. The minimum absolute atomic E-state index is 0.241. The molecule has 8 heteroatoms. The number of nitrogens with zero attached hydrogens (tertiary/aromatic N) is 2. The Morgan fingerprint density at radius 1 is 1.23 bits per heavy atom. The number of anilines is 1. The van der Waals surface area contributed by atoms with Gasteiger partial charge in [-0.15, -0.1) is 0 Å². The number of halogens is 3. The Bertz CT molecular complexity index is 942. The minimum Gasteiger partial charge on any atom is -0.482 e. The van der Waals surface area contributed by atoms with Gasteiger partial charge >= 0.3 is 0 Å². The van der Waals surface area contributed by atoms with E-state index in [1.165, 1.54) is 18.2 Å². The zero-order valence-corrected chi connectivity index (χ0v) is 15.2. The van der Waals surface area contributed by atoms with E-state index in [1.807, 2.05) is 0 Å². The molecule has 2 aromatic carbocycles. The van der Waals surface area contributed by atoms with E-state index in [1.54, 1.807) is 42.2 Å². The summed E-state index contributed by atoms with van der Waals surface area (Å²) in [5, 5.41) is 3.54. The highest BCUT2D eigenvalue weighted by Gasteiger charge is 2.15. The van der Waals surface area contributed by atoms with Gasteiger partial charge < -0.3 is 14.6 Å². The van der Waals surface area contributed by atoms with Crippen molar-refractivity contribution in [3.05, 3.63) is 64.7 Å². The van der Waals surface area contributed by atoms with E-state index in [-0.39, 0.29) is 18.3 Å². The maximum Gasteiger partial charge on any atom is 0.263 e. The van der Waals surface area contributed by atoms with Gasteiger partial charge in [0.05, 0.1) is 11.3 Å². The molecule has 0 aliphatic carbocycles. The molecule has 0 saturated heterocycles. The van der Waals surface area contributed by atoms with E-state index >= 15 is 0 Å². The first-order chi connectivity index (χ1) is 12.4. The lowest BCUT2D eigenvalue weighted by molar-refractivity contribution is -0.118. The minimum atomic E-state index is -0.386. The molecule has 1 N–H and O–H groups in total. The molecule has 0 fully saturated rings. The number of hydrogen-bond acceptors (Lipinski definition) is 3. The highest BCUT2D eigenvalue weighted by atomic mass is 35.5. The van der Waals surface area contributed by atoms with Crippen LogP contribution in [-0.2, 0) is 11.8 Å². The zero-order valence-electron chi connectivity index (χ0n) is 13.7. The fraction of sp³-hybridized carbons (Fsp3) is 0.111. The van der Waals surface area contributed by atoms with Crippen LogP contribution in [0.1, 0.15) is 0 Å². The van der Waals surface area contributed by atoms with E-state index in [2.05, 4.69) is 10.3 Å². The van der Waals surface area contributed by atoms with Gasteiger partial charge in [0.2, 0.25) is 0 Å². The summed E-state index contributed by atoms with van der Waals surface area (Å²) in [7, 11) is 1.74. The van der Waals surface area contributed by atoms with Gasteiger partial charge in [0.15, 0.2) is 6.61 Å². The lowest BCUT2D eigenvalue weighted by Crippen LogP contribution is -2.22. The van der Waals surface area contributed by atoms with Gasteiger partial charge in [-0.25, -0.2) is 9.37 Å². The third kappa shape index (κ3) is 4.15. The molecule has 0 radical (unpaired) electrons. The third-order valence-electron chi connectivity index (χ3n) is 3.57. The maximum absolute atomic E-state index is 13.1. The van der Waals surface area contributed by atoms with Crippen LogP contribution in [-0.4, -0.2) is 22.1 Å². The molecule has 1 amide bonds. The number of amides is 1. The first kappa shape index (κ1) is 18.2. The summed E-state index contributed by atoms with van der Waals surface area (Å²) >= 11 is 11.8. The summed E-state index contributed by atoms with van der Waals surface area (Å²) in [4.78, 5) is 16.5. The summed E-state index contributed by atoms with van der Waals surface area (Å²) in [6, 6.07) is 10.6. The van der Waals surface area contributed by atoms with Crippen molar-refractivity contribution in [2.24, 2.45) is 7.05 Å².